The number of amides is 1. The summed E-state index contributed by atoms with van der Waals surface area (Å²) in [6, 6.07) is 2.01. The SMILES string of the molecule is Cc1nn(C(C)(C)C)c2nc(C(C)C)cc(C(=O)N3CCC4(CCNC4)CC3)c12. The van der Waals surface area contributed by atoms with E-state index in [4.69, 9.17) is 10.1 Å². The van der Waals surface area contributed by atoms with Gasteiger partial charge in [0.1, 0.15) is 0 Å². The summed E-state index contributed by atoms with van der Waals surface area (Å²) in [5.74, 6) is 0.389. The van der Waals surface area contributed by atoms with Crippen LogP contribution in [0, 0.1) is 12.3 Å². The molecule has 0 radical (unpaired) electrons. The van der Waals surface area contributed by atoms with Gasteiger partial charge in [0.25, 0.3) is 5.91 Å². The molecule has 2 fully saturated rings. The lowest BCUT2D eigenvalue weighted by atomic mass is 9.77. The molecular weight excluding hydrogens is 362 g/mol. The molecule has 2 saturated heterocycles. The third kappa shape index (κ3) is 3.56. The molecule has 1 amide bonds. The van der Waals surface area contributed by atoms with Gasteiger partial charge < -0.3 is 10.2 Å². The fraction of sp³-hybridized carbons (Fsp3) is 0.696. The van der Waals surface area contributed by atoms with Gasteiger partial charge in [0, 0.05) is 25.3 Å². The van der Waals surface area contributed by atoms with Crippen molar-refractivity contribution in [2.75, 3.05) is 26.2 Å². The maximum Gasteiger partial charge on any atom is 0.254 e. The largest absolute Gasteiger partial charge is 0.339 e. The van der Waals surface area contributed by atoms with E-state index in [-0.39, 0.29) is 17.4 Å². The predicted octanol–water partition coefficient (Wildman–Crippen LogP) is 3.83. The molecular formula is C23H35N5O. The minimum absolute atomic E-state index is 0.136. The summed E-state index contributed by atoms with van der Waals surface area (Å²) in [6.45, 7) is 16.5. The van der Waals surface area contributed by atoms with Crippen molar-refractivity contribution < 1.29 is 4.79 Å². The number of nitrogens with one attached hydrogen (secondary N) is 1. The second kappa shape index (κ2) is 7.08. The molecule has 0 aromatic carbocycles. The highest BCUT2D eigenvalue weighted by Gasteiger charge is 2.38. The van der Waals surface area contributed by atoms with E-state index in [0.717, 1.165) is 67.0 Å². The van der Waals surface area contributed by atoms with Gasteiger partial charge in [-0.05, 0) is 70.9 Å². The lowest BCUT2D eigenvalue weighted by Crippen LogP contribution is -2.44. The van der Waals surface area contributed by atoms with Crippen LogP contribution in [0.15, 0.2) is 6.07 Å². The Bertz CT molecular complexity index is 921. The zero-order valence-electron chi connectivity index (χ0n) is 18.8. The van der Waals surface area contributed by atoms with E-state index in [2.05, 4.69) is 44.8 Å². The Labute approximate surface area is 174 Å². The molecule has 0 atom stereocenters. The van der Waals surface area contributed by atoms with Gasteiger partial charge >= 0.3 is 0 Å². The van der Waals surface area contributed by atoms with Crippen LogP contribution in [0.2, 0.25) is 0 Å². The van der Waals surface area contributed by atoms with Crippen LogP contribution in [0.5, 0.6) is 0 Å². The number of rotatable bonds is 2. The second-order valence-corrected chi connectivity index (χ2v) is 10.3. The zero-order valence-corrected chi connectivity index (χ0v) is 18.8. The van der Waals surface area contributed by atoms with Crippen molar-refractivity contribution in [1.82, 2.24) is 25.0 Å². The van der Waals surface area contributed by atoms with Crippen LogP contribution >= 0.6 is 0 Å². The summed E-state index contributed by atoms with van der Waals surface area (Å²) >= 11 is 0. The number of hydrogen-bond acceptors (Lipinski definition) is 4. The number of aryl methyl sites for hydroxylation is 1. The molecule has 2 aromatic rings. The summed E-state index contributed by atoms with van der Waals surface area (Å²) in [6.07, 6.45) is 3.43. The number of hydrogen-bond donors (Lipinski definition) is 1. The molecule has 6 nitrogen and oxygen atoms in total. The molecule has 29 heavy (non-hydrogen) atoms. The first kappa shape index (κ1) is 20.3. The van der Waals surface area contributed by atoms with Crippen molar-refractivity contribution in [2.24, 2.45) is 5.41 Å². The van der Waals surface area contributed by atoms with E-state index in [0.29, 0.717) is 5.41 Å². The Hall–Kier alpha value is -1.95. The molecule has 1 N–H and O–H groups in total. The maximum absolute atomic E-state index is 13.6. The number of fused-ring (bicyclic) bond motifs is 1. The fourth-order valence-electron chi connectivity index (χ4n) is 4.82. The molecule has 2 aromatic heterocycles. The van der Waals surface area contributed by atoms with Crippen LogP contribution in [-0.4, -0.2) is 51.8 Å². The van der Waals surface area contributed by atoms with Gasteiger partial charge in [-0.25, -0.2) is 9.67 Å². The van der Waals surface area contributed by atoms with E-state index in [1.807, 2.05) is 17.7 Å². The minimum Gasteiger partial charge on any atom is -0.339 e. The molecule has 6 heteroatoms. The van der Waals surface area contributed by atoms with Gasteiger partial charge in [0.05, 0.1) is 22.2 Å². The molecule has 1 spiro atoms. The van der Waals surface area contributed by atoms with Gasteiger partial charge in [0.2, 0.25) is 0 Å². The molecule has 0 saturated carbocycles. The van der Waals surface area contributed by atoms with Gasteiger partial charge in [0.15, 0.2) is 5.65 Å². The van der Waals surface area contributed by atoms with E-state index >= 15 is 0 Å². The number of aromatic nitrogens is 3. The third-order valence-corrected chi connectivity index (χ3v) is 6.73. The first-order valence-corrected chi connectivity index (χ1v) is 11.0. The van der Waals surface area contributed by atoms with Crippen LogP contribution < -0.4 is 5.32 Å². The third-order valence-electron chi connectivity index (χ3n) is 6.73. The highest BCUT2D eigenvalue weighted by molar-refractivity contribution is 6.06. The zero-order chi connectivity index (χ0) is 21.0. The van der Waals surface area contributed by atoms with E-state index < -0.39 is 0 Å². The van der Waals surface area contributed by atoms with Gasteiger partial charge in [-0.2, -0.15) is 5.10 Å². The number of carbonyl (C=O) groups is 1. The lowest BCUT2D eigenvalue weighted by Gasteiger charge is -2.39. The topological polar surface area (TPSA) is 63.1 Å². The molecule has 158 valence electrons. The van der Waals surface area contributed by atoms with Crippen molar-refractivity contribution in [1.29, 1.82) is 0 Å². The minimum atomic E-state index is -0.192. The average molecular weight is 398 g/mol. The predicted molar refractivity (Wildman–Crippen MR) is 116 cm³/mol. The van der Waals surface area contributed by atoms with Crippen LogP contribution in [0.3, 0.4) is 0 Å². The van der Waals surface area contributed by atoms with Crippen molar-refractivity contribution in [3.8, 4) is 0 Å². The van der Waals surface area contributed by atoms with Crippen molar-refractivity contribution >= 4 is 16.9 Å². The van der Waals surface area contributed by atoms with E-state index in [9.17, 15) is 4.79 Å². The first-order valence-electron chi connectivity index (χ1n) is 11.0. The smallest absolute Gasteiger partial charge is 0.254 e. The Morgan fingerprint density at radius 2 is 1.90 bits per heavy atom. The van der Waals surface area contributed by atoms with Crippen LogP contribution in [0.25, 0.3) is 11.0 Å². The fourth-order valence-corrected chi connectivity index (χ4v) is 4.82. The number of nitrogens with zero attached hydrogens (tertiary/aromatic N) is 4. The normalized spacial score (nSPS) is 19.6. The number of carbonyl (C=O) groups excluding carboxylic acids is 1. The average Bonchev–Trinajstić information content (AvgIpc) is 3.25. The lowest BCUT2D eigenvalue weighted by molar-refractivity contribution is 0.0609. The Morgan fingerprint density at radius 1 is 1.21 bits per heavy atom. The van der Waals surface area contributed by atoms with E-state index in [1.54, 1.807) is 0 Å². The van der Waals surface area contributed by atoms with Crippen LogP contribution in [0.1, 0.15) is 81.5 Å². The highest BCUT2D eigenvalue weighted by Crippen LogP contribution is 2.38. The Kier molecular flexibility index (Phi) is 4.96. The molecule has 0 bridgehead atoms. The number of piperidine rings is 1. The molecule has 0 aliphatic carbocycles. The van der Waals surface area contributed by atoms with Crippen molar-refractivity contribution in [3.05, 3.63) is 23.0 Å². The van der Waals surface area contributed by atoms with Crippen LogP contribution in [0.4, 0.5) is 0 Å². The Balaban J connectivity index is 1.74. The Morgan fingerprint density at radius 3 is 2.45 bits per heavy atom. The molecule has 4 rings (SSSR count). The number of likely N-dealkylation sites (tertiary alicyclic amines) is 1. The summed E-state index contributed by atoms with van der Waals surface area (Å²) in [5, 5.41) is 9.20. The molecule has 0 unspecified atom stereocenters. The maximum atomic E-state index is 13.6. The van der Waals surface area contributed by atoms with Gasteiger partial charge in [-0.1, -0.05) is 13.8 Å². The molecule has 2 aliphatic heterocycles. The molecule has 2 aliphatic rings. The monoisotopic (exact) mass is 397 g/mol. The van der Waals surface area contributed by atoms with Crippen molar-refractivity contribution in [3.63, 3.8) is 0 Å². The van der Waals surface area contributed by atoms with Gasteiger partial charge in [-0.15, -0.1) is 0 Å². The molecule has 4 heterocycles. The standard InChI is InChI=1S/C23H35N5O/c1-15(2)18-13-17(19-16(3)26-28(20(19)25-18)22(4,5)6)21(29)27-11-8-23(9-12-27)7-10-24-14-23/h13,15,24H,7-12,14H2,1-6H3. The first-order chi connectivity index (χ1) is 13.6. The van der Waals surface area contributed by atoms with E-state index in [1.165, 1.54) is 6.42 Å². The van der Waals surface area contributed by atoms with Gasteiger partial charge in [-0.3, -0.25) is 4.79 Å². The van der Waals surface area contributed by atoms with Crippen LogP contribution in [-0.2, 0) is 5.54 Å². The second-order valence-electron chi connectivity index (χ2n) is 10.3. The van der Waals surface area contributed by atoms with Crippen molar-refractivity contribution in [2.45, 2.75) is 72.3 Å². The summed E-state index contributed by atoms with van der Waals surface area (Å²) in [7, 11) is 0. The summed E-state index contributed by atoms with van der Waals surface area (Å²) in [4.78, 5) is 20.6. The summed E-state index contributed by atoms with van der Waals surface area (Å²) < 4.78 is 1.98. The highest BCUT2D eigenvalue weighted by atomic mass is 16.2. The summed E-state index contributed by atoms with van der Waals surface area (Å²) in [5.41, 5.74) is 3.66. The quantitative estimate of drug-likeness (QED) is 0.836. The number of pyridine rings is 1.